The molecule has 2 fully saturated rings. The van der Waals surface area contributed by atoms with Gasteiger partial charge in [-0.1, -0.05) is 6.92 Å². The maximum atomic E-state index is 11.7. The van der Waals surface area contributed by atoms with Crippen LogP contribution in [-0.4, -0.2) is 35.7 Å². The number of nitrogens with one attached hydrogen (secondary N) is 4. The van der Waals surface area contributed by atoms with Gasteiger partial charge in [-0.3, -0.25) is 40.4 Å². The Hall–Kier alpha value is -2.78. The molecule has 2 rings (SSSR count). The Bertz CT molecular complexity index is 468. The summed E-state index contributed by atoms with van der Waals surface area (Å²) in [5.41, 5.74) is 0. The monoisotopic (exact) mass is 282 g/mol. The molecule has 0 aromatic carbocycles. The number of carbonyl (C=O) groups is 6. The number of urea groups is 2. The summed E-state index contributed by atoms with van der Waals surface area (Å²) in [6.45, 7) is 1.33. The zero-order chi connectivity index (χ0) is 15.0. The minimum absolute atomic E-state index is 0.899. The topological polar surface area (TPSA) is 151 Å². The molecule has 2 heterocycles. The van der Waals surface area contributed by atoms with Crippen LogP contribution in [0.4, 0.5) is 9.59 Å². The van der Waals surface area contributed by atoms with E-state index in [1.54, 1.807) is 0 Å². The van der Waals surface area contributed by atoms with Gasteiger partial charge < -0.3 is 0 Å². The Morgan fingerprint density at radius 1 is 0.650 bits per heavy atom. The Labute approximate surface area is 111 Å². The molecule has 0 aromatic rings. The van der Waals surface area contributed by atoms with Crippen molar-refractivity contribution in [2.75, 3.05) is 0 Å². The molecule has 2 saturated heterocycles. The van der Waals surface area contributed by atoms with E-state index >= 15 is 0 Å². The second kappa shape index (κ2) is 4.72. The van der Waals surface area contributed by atoms with Crippen LogP contribution in [0, 0.1) is 17.8 Å². The van der Waals surface area contributed by atoms with Crippen LogP contribution in [0.2, 0.25) is 0 Å². The fraction of sp³-hybridized carbons (Fsp3) is 0.400. The number of rotatable bonds is 2. The van der Waals surface area contributed by atoms with Gasteiger partial charge in [0.15, 0.2) is 0 Å². The van der Waals surface area contributed by atoms with Crippen LogP contribution >= 0.6 is 0 Å². The van der Waals surface area contributed by atoms with Gasteiger partial charge in [0.25, 0.3) is 0 Å². The summed E-state index contributed by atoms with van der Waals surface area (Å²) in [5.74, 6) is -7.40. The van der Waals surface area contributed by atoms with Crippen molar-refractivity contribution in [3.8, 4) is 0 Å². The van der Waals surface area contributed by atoms with Gasteiger partial charge >= 0.3 is 12.1 Å². The molecule has 0 saturated carbocycles. The van der Waals surface area contributed by atoms with Crippen molar-refractivity contribution in [1.29, 1.82) is 0 Å². The first-order valence-electron chi connectivity index (χ1n) is 5.62. The van der Waals surface area contributed by atoms with Crippen LogP contribution in [0.25, 0.3) is 0 Å². The Morgan fingerprint density at radius 3 is 1.15 bits per heavy atom. The van der Waals surface area contributed by atoms with Gasteiger partial charge in [0, 0.05) is 0 Å². The van der Waals surface area contributed by atoms with Crippen molar-refractivity contribution >= 4 is 35.7 Å². The van der Waals surface area contributed by atoms with Gasteiger partial charge in [-0.15, -0.1) is 0 Å². The highest BCUT2D eigenvalue weighted by Gasteiger charge is 2.47. The van der Waals surface area contributed by atoms with Crippen molar-refractivity contribution in [1.82, 2.24) is 21.3 Å². The molecule has 0 aromatic heterocycles. The average molecular weight is 282 g/mol. The normalized spacial score (nSPS) is 21.5. The van der Waals surface area contributed by atoms with Gasteiger partial charge in [0.1, 0.15) is 11.8 Å². The van der Waals surface area contributed by atoms with Crippen molar-refractivity contribution in [3.63, 3.8) is 0 Å². The van der Waals surface area contributed by atoms with Crippen LogP contribution in [0.5, 0.6) is 0 Å². The summed E-state index contributed by atoms with van der Waals surface area (Å²) in [5, 5.41) is 7.51. The summed E-state index contributed by atoms with van der Waals surface area (Å²) >= 11 is 0. The Morgan fingerprint density at radius 2 is 0.900 bits per heavy atom. The lowest BCUT2D eigenvalue weighted by Gasteiger charge is -2.31. The summed E-state index contributed by atoms with van der Waals surface area (Å²) in [6, 6.07) is -1.92. The third-order valence-electron chi connectivity index (χ3n) is 3.13. The minimum atomic E-state index is -1.39. The molecule has 0 spiro atoms. The van der Waals surface area contributed by atoms with Crippen LogP contribution < -0.4 is 21.3 Å². The van der Waals surface area contributed by atoms with Gasteiger partial charge in [0.05, 0.1) is 0 Å². The highest BCUT2D eigenvalue weighted by Crippen LogP contribution is 2.25. The van der Waals surface area contributed by atoms with E-state index in [9.17, 15) is 28.8 Å². The predicted octanol–water partition coefficient (Wildman–Crippen LogP) is -2.41. The SMILES string of the molecule is CC(C1C(=O)NC(=O)NC1=O)C1C(=O)NC(=O)NC1=O. The lowest BCUT2D eigenvalue weighted by atomic mass is 9.79. The van der Waals surface area contributed by atoms with Crippen LogP contribution in [-0.2, 0) is 19.2 Å². The molecule has 10 heteroatoms. The fourth-order valence-corrected chi connectivity index (χ4v) is 2.21. The maximum Gasteiger partial charge on any atom is 0.328 e. The van der Waals surface area contributed by atoms with E-state index < -0.39 is 53.4 Å². The smallest absolute Gasteiger partial charge is 0.277 e. The summed E-state index contributed by atoms with van der Waals surface area (Å²) in [7, 11) is 0. The lowest BCUT2D eigenvalue weighted by Crippen LogP contribution is -2.62. The number of hydrogen-bond donors (Lipinski definition) is 4. The zero-order valence-corrected chi connectivity index (χ0v) is 10.2. The minimum Gasteiger partial charge on any atom is -0.277 e. The van der Waals surface area contributed by atoms with Crippen molar-refractivity contribution in [3.05, 3.63) is 0 Å². The van der Waals surface area contributed by atoms with Gasteiger partial charge in [-0.25, -0.2) is 9.59 Å². The molecular weight excluding hydrogens is 272 g/mol. The average Bonchev–Trinajstić information content (AvgIpc) is 2.25. The molecule has 0 radical (unpaired) electrons. The molecule has 0 unspecified atom stereocenters. The second-order valence-corrected chi connectivity index (χ2v) is 4.43. The standard InChI is InChI=1S/C10H10N4O6/c1-2(3-5(15)11-9(19)12-6(3)16)4-7(17)13-10(20)14-8(4)18/h2-4H,1H3,(H2,11,12,15,16,19)(H2,13,14,17,18,20). The largest absolute Gasteiger partial charge is 0.328 e. The molecule has 0 aliphatic carbocycles. The summed E-state index contributed by atoms with van der Waals surface area (Å²) in [6.07, 6.45) is 0. The maximum absolute atomic E-state index is 11.7. The van der Waals surface area contributed by atoms with E-state index in [4.69, 9.17) is 0 Å². The highest BCUT2D eigenvalue weighted by molar-refractivity contribution is 6.19. The number of imide groups is 4. The van der Waals surface area contributed by atoms with E-state index in [1.807, 2.05) is 21.3 Å². The van der Waals surface area contributed by atoms with Gasteiger partial charge in [-0.2, -0.15) is 0 Å². The third-order valence-corrected chi connectivity index (χ3v) is 3.13. The molecule has 4 N–H and O–H groups in total. The van der Waals surface area contributed by atoms with Gasteiger partial charge in [0.2, 0.25) is 23.6 Å². The molecule has 106 valence electrons. The molecular formula is C10H10N4O6. The highest BCUT2D eigenvalue weighted by atomic mass is 16.2. The summed E-state index contributed by atoms with van der Waals surface area (Å²) in [4.78, 5) is 68.5. The second-order valence-electron chi connectivity index (χ2n) is 4.43. The van der Waals surface area contributed by atoms with E-state index in [0.29, 0.717) is 0 Å². The van der Waals surface area contributed by atoms with Crippen molar-refractivity contribution in [2.24, 2.45) is 17.8 Å². The predicted molar refractivity (Wildman–Crippen MR) is 59.5 cm³/mol. The lowest BCUT2D eigenvalue weighted by molar-refractivity contribution is -0.143. The van der Waals surface area contributed by atoms with Crippen LogP contribution in [0.15, 0.2) is 0 Å². The molecule has 8 amide bonds. The first kappa shape index (κ1) is 13.6. The Kier molecular flexibility index (Phi) is 3.22. The number of hydrogen-bond acceptors (Lipinski definition) is 6. The van der Waals surface area contributed by atoms with Crippen LogP contribution in [0.3, 0.4) is 0 Å². The molecule has 0 bridgehead atoms. The number of amides is 8. The number of barbiturate groups is 2. The Balaban J connectivity index is 2.24. The first-order valence-corrected chi connectivity index (χ1v) is 5.62. The quantitative estimate of drug-likeness (QED) is 0.414. The van der Waals surface area contributed by atoms with Gasteiger partial charge in [-0.05, 0) is 5.92 Å². The van der Waals surface area contributed by atoms with E-state index in [-0.39, 0.29) is 0 Å². The van der Waals surface area contributed by atoms with E-state index in [2.05, 4.69) is 0 Å². The molecule has 10 nitrogen and oxygen atoms in total. The molecule has 0 atom stereocenters. The summed E-state index contributed by atoms with van der Waals surface area (Å²) < 4.78 is 0. The third kappa shape index (κ3) is 2.22. The van der Waals surface area contributed by atoms with E-state index in [0.717, 1.165) is 0 Å². The molecule has 2 aliphatic heterocycles. The fourth-order valence-electron chi connectivity index (χ4n) is 2.21. The molecule has 2 aliphatic rings. The van der Waals surface area contributed by atoms with Crippen molar-refractivity contribution in [2.45, 2.75) is 6.92 Å². The van der Waals surface area contributed by atoms with Crippen LogP contribution in [0.1, 0.15) is 6.92 Å². The van der Waals surface area contributed by atoms with Crippen molar-refractivity contribution < 1.29 is 28.8 Å². The first-order chi connectivity index (χ1) is 9.31. The number of carbonyl (C=O) groups excluding carboxylic acids is 6. The molecule has 20 heavy (non-hydrogen) atoms. The zero-order valence-electron chi connectivity index (χ0n) is 10.2. The van der Waals surface area contributed by atoms with E-state index in [1.165, 1.54) is 6.92 Å².